The highest BCUT2D eigenvalue weighted by Gasteiger charge is 2.10. The Balaban J connectivity index is 1.67. The molecule has 0 amide bonds. The average molecular weight is 381 g/mol. The van der Waals surface area contributed by atoms with E-state index in [0.717, 1.165) is 41.3 Å². The van der Waals surface area contributed by atoms with E-state index in [0.29, 0.717) is 10.9 Å². The van der Waals surface area contributed by atoms with E-state index in [2.05, 4.69) is 56.0 Å². The first kappa shape index (κ1) is 19.1. The van der Waals surface area contributed by atoms with Crippen LogP contribution in [0.4, 0.5) is 4.39 Å². The van der Waals surface area contributed by atoms with Crippen molar-refractivity contribution in [1.82, 2.24) is 0 Å². The number of aryl methyl sites for hydroxylation is 2. The lowest BCUT2D eigenvalue weighted by molar-refractivity contribution is 0.643. The largest absolute Gasteiger partial charge is 0.206 e. The number of rotatable bonds is 6. The number of benzene rings is 4. The van der Waals surface area contributed by atoms with Gasteiger partial charge in [-0.25, -0.2) is 4.39 Å². The topological polar surface area (TPSA) is 0 Å². The van der Waals surface area contributed by atoms with Gasteiger partial charge in [-0.15, -0.1) is 6.58 Å². The molecule has 0 aromatic heterocycles. The van der Waals surface area contributed by atoms with E-state index in [4.69, 9.17) is 0 Å². The van der Waals surface area contributed by atoms with E-state index < -0.39 is 0 Å². The van der Waals surface area contributed by atoms with Crippen LogP contribution in [0.1, 0.15) is 24.5 Å². The van der Waals surface area contributed by atoms with Crippen molar-refractivity contribution in [3.05, 3.63) is 108 Å². The normalized spacial score (nSPS) is 11.0. The number of allylic oxidation sites excluding steroid dienone is 1. The highest BCUT2D eigenvalue weighted by atomic mass is 19.1. The highest BCUT2D eigenvalue weighted by Crippen LogP contribution is 2.32. The van der Waals surface area contributed by atoms with Crippen LogP contribution in [0.15, 0.2) is 91.5 Å². The van der Waals surface area contributed by atoms with E-state index >= 15 is 4.39 Å². The second-order valence-corrected chi connectivity index (χ2v) is 7.44. The van der Waals surface area contributed by atoms with Crippen molar-refractivity contribution in [2.24, 2.45) is 0 Å². The summed E-state index contributed by atoms with van der Waals surface area (Å²) in [6, 6.07) is 26.6. The van der Waals surface area contributed by atoms with Crippen LogP contribution in [-0.2, 0) is 12.8 Å². The summed E-state index contributed by atoms with van der Waals surface area (Å²) < 4.78 is 15.3. The van der Waals surface area contributed by atoms with E-state index in [1.807, 2.05) is 42.5 Å². The Morgan fingerprint density at radius 2 is 1.41 bits per heavy atom. The summed E-state index contributed by atoms with van der Waals surface area (Å²) in [5.74, 6) is -0.158. The summed E-state index contributed by atoms with van der Waals surface area (Å²) >= 11 is 0. The van der Waals surface area contributed by atoms with Crippen LogP contribution in [0.25, 0.3) is 33.0 Å². The Bertz CT molecular complexity index is 1140. The average Bonchev–Trinajstić information content (AvgIpc) is 2.78. The van der Waals surface area contributed by atoms with Gasteiger partial charge in [-0.1, -0.05) is 85.8 Å². The molecule has 0 bridgehead atoms. The summed E-state index contributed by atoms with van der Waals surface area (Å²) in [6.07, 6.45) is 4.86. The zero-order chi connectivity index (χ0) is 20.2. The molecule has 0 fully saturated rings. The maximum atomic E-state index is 15.3. The molecule has 0 aliphatic heterocycles. The molecule has 0 heterocycles. The molecule has 0 saturated heterocycles. The molecule has 0 radical (unpaired) electrons. The smallest absolute Gasteiger partial charge is 0.138 e. The number of hydrogen-bond donors (Lipinski definition) is 0. The Labute approximate surface area is 172 Å². The molecule has 29 heavy (non-hydrogen) atoms. The van der Waals surface area contributed by atoms with Crippen molar-refractivity contribution in [3.8, 4) is 22.3 Å². The Morgan fingerprint density at radius 1 is 0.759 bits per heavy atom. The van der Waals surface area contributed by atoms with Gasteiger partial charge in [0, 0.05) is 10.9 Å². The monoisotopic (exact) mass is 380 g/mol. The Morgan fingerprint density at radius 3 is 2.10 bits per heavy atom. The summed E-state index contributed by atoms with van der Waals surface area (Å²) in [4.78, 5) is 0. The SMILES string of the molecule is C=CCCc1ccc(-c2ccc3cc(-c4ccc(CC)cc4)ccc3c2F)cc1. The van der Waals surface area contributed by atoms with Gasteiger partial charge in [0.2, 0.25) is 0 Å². The number of fused-ring (bicyclic) bond motifs is 1. The number of hydrogen-bond acceptors (Lipinski definition) is 0. The summed E-state index contributed by atoms with van der Waals surface area (Å²) in [7, 11) is 0. The van der Waals surface area contributed by atoms with E-state index in [1.165, 1.54) is 11.1 Å². The standard InChI is InChI=1S/C28H25F/c1-3-5-6-21-9-13-23(14-10-21)26-18-16-25-19-24(15-17-27(25)28(26)29)22-11-7-20(4-2)8-12-22/h3,7-19H,1,4-6H2,2H3. The van der Waals surface area contributed by atoms with Crippen LogP contribution in [0.5, 0.6) is 0 Å². The molecular formula is C28H25F. The van der Waals surface area contributed by atoms with Gasteiger partial charge in [-0.05, 0) is 58.5 Å². The second-order valence-electron chi connectivity index (χ2n) is 7.44. The van der Waals surface area contributed by atoms with Gasteiger partial charge < -0.3 is 0 Å². The van der Waals surface area contributed by atoms with Crippen LogP contribution in [0.2, 0.25) is 0 Å². The quantitative estimate of drug-likeness (QED) is 0.297. The van der Waals surface area contributed by atoms with Gasteiger partial charge in [0.25, 0.3) is 0 Å². The Kier molecular flexibility index (Phi) is 5.57. The van der Waals surface area contributed by atoms with Crippen LogP contribution < -0.4 is 0 Å². The van der Waals surface area contributed by atoms with Gasteiger partial charge in [0.15, 0.2) is 0 Å². The second kappa shape index (κ2) is 8.45. The maximum absolute atomic E-state index is 15.3. The lowest BCUT2D eigenvalue weighted by Crippen LogP contribution is -1.89. The van der Waals surface area contributed by atoms with Crippen LogP contribution in [0, 0.1) is 5.82 Å². The minimum Gasteiger partial charge on any atom is -0.206 e. The summed E-state index contributed by atoms with van der Waals surface area (Å²) in [5.41, 5.74) is 6.38. The van der Waals surface area contributed by atoms with Gasteiger partial charge in [0.05, 0.1) is 0 Å². The van der Waals surface area contributed by atoms with Gasteiger partial charge >= 0.3 is 0 Å². The molecular weight excluding hydrogens is 355 g/mol. The predicted molar refractivity (Wildman–Crippen MR) is 123 cm³/mol. The van der Waals surface area contributed by atoms with Crippen molar-refractivity contribution in [2.45, 2.75) is 26.2 Å². The lowest BCUT2D eigenvalue weighted by Gasteiger charge is -2.10. The zero-order valence-electron chi connectivity index (χ0n) is 16.8. The van der Waals surface area contributed by atoms with E-state index in [9.17, 15) is 0 Å². The fourth-order valence-corrected chi connectivity index (χ4v) is 3.75. The third-order valence-electron chi connectivity index (χ3n) is 5.55. The third kappa shape index (κ3) is 4.00. The maximum Gasteiger partial charge on any atom is 0.138 e. The highest BCUT2D eigenvalue weighted by molar-refractivity contribution is 5.91. The van der Waals surface area contributed by atoms with E-state index in [-0.39, 0.29) is 5.82 Å². The van der Waals surface area contributed by atoms with Crippen molar-refractivity contribution in [2.75, 3.05) is 0 Å². The summed E-state index contributed by atoms with van der Waals surface area (Å²) in [6.45, 7) is 5.92. The molecule has 0 nitrogen and oxygen atoms in total. The van der Waals surface area contributed by atoms with Crippen molar-refractivity contribution in [3.63, 3.8) is 0 Å². The van der Waals surface area contributed by atoms with Gasteiger partial charge in [0.1, 0.15) is 5.82 Å². The molecule has 0 aliphatic rings. The van der Waals surface area contributed by atoms with E-state index in [1.54, 1.807) is 0 Å². The molecule has 1 heteroatoms. The van der Waals surface area contributed by atoms with Crippen LogP contribution in [0.3, 0.4) is 0 Å². The number of halogens is 1. The molecule has 0 N–H and O–H groups in total. The lowest BCUT2D eigenvalue weighted by atomic mass is 9.96. The van der Waals surface area contributed by atoms with Crippen LogP contribution >= 0.6 is 0 Å². The first-order valence-corrected chi connectivity index (χ1v) is 10.2. The van der Waals surface area contributed by atoms with Crippen molar-refractivity contribution in [1.29, 1.82) is 0 Å². The fourth-order valence-electron chi connectivity index (χ4n) is 3.75. The van der Waals surface area contributed by atoms with Crippen molar-refractivity contribution >= 4 is 10.8 Å². The minimum atomic E-state index is -0.158. The fraction of sp³-hybridized carbons (Fsp3) is 0.143. The van der Waals surface area contributed by atoms with Crippen LogP contribution in [-0.4, -0.2) is 0 Å². The molecule has 0 saturated carbocycles. The minimum absolute atomic E-state index is 0.158. The molecule has 4 aromatic carbocycles. The van der Waals surface area contributed by atoms with Gasteiger partial charge in [-0.3, -0.25) is 0 Å². The predicted octanol–water partition coefficient (Wildman–Crippen LogP) is 7.99. The molecule has 0 spiro atoms. The molecule has 0 atom stereocenters. The molecule has 144 valence electrons. The Hall–Kier alpha value is -3.19. The molecule has 4 aromatic rings. The first-order chi connectivity index (χ1) is 14.2. The van der Waals surface area contributed by atoms with Crippen molar-refractivity contribution < 1.29 is 4.39 Å². The molecule has 0 aliphatic carbocycles. The zero-order valence-corrected chi connectivity index (χ0v) is 16.8. The first-order valence-electron chi connectivity index (χ1n) is 10.2. The summed E-state index contributed by atoms with van der Waals surface area (Å²) in [5, 5.41) is 1.58. The third-order valence-corrected chi connectivity index (χ3v) is 5.55. The molecule has 4 rings (SSSR count). The molecule has 0 unspecified atom stereocenters. The van der Waals surface area contributed by atoms with Gasteiger partial charge in [-0.2, -0.15) is 0 Å².